The highest BCUT2D eigenvalue weighted by molar-refractivity contribution is 5.95. The normalized spacial score (nSPS) is 11.8. The van der Waals surface area contributed by atoms with E-state index in [0.29, 0.717) is 11.3 Å². The summed E-state index contributed by atoms with van der Waals surface area (Å²) in [5.41, 5.74) is 5.92. The Morgan fingerprint density at radius 2 is 1.72 bits per heavy atom. The molecule has 0 aliphatic heterocycles. The third kappa shape index (κ3) is 2.88. The second-order valence-corrected chi connectivity index (χ2v) is 5.49. The van der Waals surface area contributed by atoms with Crippen LogP contribution < -0.4 is 11.1 Å². The predicted octanol–water partition coefficient (Wildman–Crippen LogP) is 2.26. The topological polar surface area (TPSA) is 78.9 Å². The molecule has 1 amide bonds. The number of hydrogen-bond donors (Lipinski definition) is 2. The number of carbonyl (C=O) groups excluding carboxylic acids is 1. The van der Waals surface area contributed by atoms with Crippen LogP contribution in [0.2, 0.25) is 0 Å². The molecule has 4 nitrogen and oxygen atoms in total. The minimum absolute atomic E-state index is 0.139. The lowest BCUT2D eigenvalue weighted by molar-refractivity contribution is -0.126. The zero-order valence-corrected chi connectivity index (χ0v) is 11.2. The maximum Gasteiger partial charge on any atom is 0.231 e. The van der Waals surface area contributed by atoms with Gasteiger partial charge in [0.2, 0.25) is 5.91 Å². The Morgan fingerprint density at radius 1 is 1.22 bits per heavy atom. The number of hydrogen-bond acceptors (Lipinski definition) is 3. The number of anilines is 1. The summed E-state index contributed by atoms with van der Waals surface area (Å²) < 4.78 is 0. The van der Waals surface area contributed by atoms with Crippen molar-refractivity contribution in [2.24, 2.45) is 11.1 Å². The van der Waals surface area contributed by atoms with Crippen molar-refractivity contribution in [3.8, 4) is 6.07 Å². The summed E-state index contributed by atoms with van der Waals surface area (Å²) in [5, 5.41) is 11.5. The number of amides is 1. The molecule has 0 atom stereocenters. The third-order valence-corrected chi connectivity index (χ3v) is 3.45. The molecule has 4 heteroatoms. The van der Waals surface area contributed by atoms with Gasteiger partial charge < -0.3 is 11.1 Å². The molecule has 1 aromatic rings. The molecule has 0 saturated heterocycles. The van der Waals surface area contributed by atoms with Crippen LogP contribution in [0.1, 0.15) is 33.3 Å². The Hall–Kier alpha value is -1.86. The minimum atomic E-state index is -0.694. The SMILES string of the molecule is CC(C)(N)C(C)(C)C(=O)Nc1ccc(C#N)cc1. The average Bonchev–Trinajstić information content (AvgIpc) is 2.28. The highest BCUT2D eigenvalue weighted by Crippen LogP contribution is 2.29. The lowest BCUT2D eigenvalue weighted by Gasteiger charge is -2.36. The zero-order valence-electron chi connectivity index (χ0n) is 11.2. The van der Waals surface area contributed by atoms with Crippen LogP contribution in [-0.2, 0) is 4.79 Å². The summed E-state index contributed by atoms with van der Waals surface area (Å²) in [6.07, 6.45) is 0. The van der Waals surface area contributed by atoms with Crippen LogP contribution in [0.5, 0.6) is 0 Å². The Bertz CT molecular complexity index is 475. The van der Waals surface area contributed by atoms with Crippen LogP contribution in [-0.4, -0.2) is 11.4 Å². The van der Waals surface area contributed by atoms with Gasteiger partial charge in [0.25, 0.3) is 0 Å². The van der Waals surface area contributed by atoms with Gasteiger partial charge in [0.05, 0.1) is 17.0 Å². The maximum absolute atomic E-state index is 12.2. The summed E-state index contributed by atoms with van der Waals surface area (Å²) >= 11 is 0. The van der Waals surface area contributed by atoms with Gasteiger partial charge in [-0.2, -0.15) is 5.26 Å². The van der Waals surface area contributed by atoms with Gasteiger partial charge in [0.1, 0.15) is 0 Å². The standard InChI is InChI=1S/C14H19N3O/c1-13(2,14(3,4)16)12(18)17-11-7-5-10(9-15)6-8-11/h5-8H,16H2,1-4H3,(H,17,18). The van der Waals surface area contributed by atoms with E-state index in [0.717, 1.165) is 0 Å². The minimum Gasteiger partial charge on any atom is -0.326 e. The molecule has 0 saturated carbocycles. The van der Waals surface area contributed by atoms with Gasteiger partial charge in [0, 0.05) is 11.2 Å². The van der Waals surface area contributed by atoms with Crippen molar-refractivity contribution >= 4 is 11.6 Å². The van der Waals surface area contributed by atoms with E-state index in [-0.39, 0.29) is 5.91 Å². The molecule has 0 heterocycles. The fraction of sp³-hybridized carbons (Fsp3) is 0.429. The first-order valence-corrected chi connectivity index (χ1v) is 5.79. The summed E-state index contributed by atoms with van der Waals surface area (Å²) in [6.45, 7) is 7.27. The lowest BCUT2D eigenvalue weighted by Crippen LogP contribution is -2.53. The molecule has 3 N–H and O–H groups in total. The molecular weight excluding hydrogens is 226 g/mol. The van der Waals surface area contributed by atoms with Crippen molar-refractivity contribution in [1.29, 1.82) is 5.26 Å². The van der Waals surface area contributed by atoms with Crippen LogP contribution in [0.25, 0.3) is 0 Å². The first-order valence-electron chi connectivity index (χ1n) is 5.79. The molecule has 0 spiro atoms. The molecule has 18 heavy (non-hydrogen) atoms. The van der Waals surface area contributed by atoms with Gasteiger partial charge in [-0.15, -0.1) is 0 Å². The van der Waals surface area contributed by atoms with Crippen LogP contribution >= 0.6 is 0 Å². The van der Waals surface area contributed by atoms with Crippen molar-refractivity contribution in [3.05, 3.63) is 29.8 Å². The quantitative estimate of drug-likeness (QED) is 0.857. The number of nitrogens with zero attached hydrogens (tertiary/aromatic N) is 1. The fourth-order valence-corrected chi connectivity index (χ4v) is 1.21. The lowest BCUT2D eigenvalue weighted by atomic mass is 9.74. The summed E-state index contributed by atoms with van der Waals surface area (Å²) in [5.74, 6) is -0.139. The van der Waals surface area contributed by atoms with Crippen LogP contribution in [0.4, 0.5) is 5.69 Å². The van der Waals surface area contributed by atoms with Crippen LogP contribution in [0.15, 0.2) is 24.3 Å². The van der Waals surface area contributed by atoms with Crippen molar-refractivity contribution < 1.29 is 4.79 Å². The second kappa shape index (κ2) is 4.79. The monoisotopic (exact) mass is 245 g/mol. The number of rotatable bonds is 3. The number of nitrogens with one attached hydrogen (secondary N) is 1. The molecule has 96 valence electrons. The van der Waals surface area contributed by atoms with E-state index in [4.69, 9.17) is 11.0 Å². The fourth-order valence-electron chi connectivity index (χ4n) is 1.21. The number of carbonyl (C=O) groups is 1. The Balaban J connectivity index is 2.85. The molecule has 0 aromatic heterocycles. The molecule has 0 aliphatic rings. The maximum atomic E-state index is 12.2. The van der Waals surface area contributed by atoms with Gasteiger partial charge in [-0.25, -0.2) is 0 Å². The summed E-state index contributed by atoms with van der Waals surface area (Å²) in [4.78, 5) is 12.2. The number of nitrogens with two attached hydrogens (primary N) is 1. The molecule has 1 aromatic carbocycles. The van der Waals surface area contributed by atoms with Gasteiger partial charge >= 0.3 is 0 Å². The number of benzene rings is 1. The van der Waals surface area contributed by atoms with E-state index >= 15 is 0 Å². The van der Waals surface area contributed by atoms with E-state index in [1.54, 1.807) is 24.3 Å². The van der Waals surface area contributed by atoms with E-state index in [9.17, 15) is 4.79 Å². The van der Waals surface area contributed by atoms with Gasteiger partial charge in [-0.1, -0.05) is 0 Å². The third-order valence-electron chi connectivity index (χ3n) is 3.45. The molecule has 0 radical (unpaired) electrons. The first kappa shape index (κ1) is 14.2. The predicted molar refractivity (Wildman–Crippen MR) is 71.8 cm³/mol. The molecule has 0 bridgehead atoms. The summed E-state index contributed by atoms with van der Waals surface area (Å²) in [6, 6.07) is 8.76. The molecular formula is C14H19N3O. The molecule has 1 rings (SSSR count). The highest BCUT2D eigenvalue weighted by Gasteiger charge is 2.40. The number of nitriles is 1. The van der Waals surface area contributed by atoms with Crippen molar-refractivity contribution in [2.75, 3.05) is 5.32 Å². The van der Waals surface area contributed by atoms with E-state index in [1.807, 2.05) is 33.8 Å². The van der Waals surface area contributed by atoms with Crippen molar-refractivity contribution in [1.82, 2.24) is 0 Å². The van der Waals surface area contributed by atoms with Gasteiger partial charge in [-0.05, 0) is 52.0 Å². The van der Waals surface area contributed by atoms with E-state index < -0.39 is 11.0 Å². The summed E-state index contributed by atoms with van der Waals surface area (Å²) in [7, 11) is 0. The molecule has 0 fully saturated rings. The second-order valence-electron chi connectivity index (χ2n) is 5.49. The van der Waals surface area contributed by atoms with Crippen LogP contribution in [0.3, 0.4) is 0 Å². The average molecular weight is 245 g/mol. The largest absolute Gasteiger partial charge is 0.326 e. The Kier molecular flexibility index (Phi) is 3.78. The van der Waals surface area contributed by atoms with Gasteiger partial charge in [0.15, 0.2) is 0 Å². The molecule has 0 aliphatic carbocycles. The smallest absolute Gasteiger partial charge is 0.231 e. The first-order chi connectivity index (χ1) is 8.18. The van der Waals surface area contributed by atoms with Crippen LogP contribution in [0, 0.1) is 16.7 Å². The highest BCUT2D eigenvalue weighted by atomic mass is 16.2. The van der Waals surface area contributed by atoms with Crippen molar-refractivity contribution in [3.63, 3.8) is 0 Å². The van der Waals surface area contributed by atoms with Crippen molar-refractivity contribution in [2.45, 2.75) is 33.2 Å². The Labute approximate surface area is 108 Å². The van der Waals surface area contributed by atoms with E-state index in [2.05, 4.69) is 5.32 Å². The molecule has 0 unspecified atom stereocenters. The van der Waals surface area contributed by atoms with E-state index in [1.165, 1.54) is 0 Å². The Morgan fingerprint density at radius 3 is 2.11 bits per heavy atom. The van der Waals surface area contributed by atoms with Gasteiger partial charge in [-0.3, -0.25) is 4.79 Å². The zero-order chi connectivity index (χ0) is 14.0.